The summed E-state index contributed by atoms with van der Waals surface area (Å²) in [6, 6.07) is 23.0. The van der Waals surface area contributed by atoms with E-state index in [2.05, 4.69) is 58.5 Å². The van der Waals surface area contributed by atoms with Gasteiger partial charge in [-0.2, -0.15) is 0 Å². The summed E-state index contributed by atoms with van der Waals surface area (Å²) >= 11 is 1.82. The summed E-state index contributed by atoms with van der Waals surface area (Å²) in [4.78, 5) is 177. The molecular formula is C77H97IN14O17S2. The number of unbranched alkanes of at least 4 members (excludes halogenated alkanes) is 1. The number of aliphatic hydroxyl groups excluding tert-OH is 3. The molecule has 11 amide bonds. The number of halogens is 1. The third-order valence-electron chi connectivity index (χ3n) is 18.0. The summed E-state index contributed by atoms with van der Waals surface area (Å²) in [5.74, 6) is -14.1. The number of aliphatic carboxylic acids is 1. The van der Waals surface area contributed by atoms with Crippen LogP contribution < -0.4 is 70.0 Å². The number of aromatic hydroxyl groups is 1. The lowest BCUT2D eigenvalue weighted by Gasteiger charge is -2.32. The van der Waals surface area contributed by atoms with Crippen molar-refractivity contribution in [3.63, 3.8) is 0 Å². The van der Waals surface area contributed by atoms with Gasteiger partial charge < -0.3 is 100 Å². The Kier molecular flexibility index (Phi) is 34.8. The van der Waals surface area contributed by atoms with Gasteiger partial charge in [0.05, 0.1) is 28.4 Å². The molecule has 31 nitrogen and oxygen atoms in total. The van der Waals surface area contributed by atoms with Crippen molar-refractivity contribution in [1.82, 2.24) is 63.4 Å². The molecule has 20 N–H and O–H groups in total. The fourth-order valence-corrected chi connectivity index (χ4v) is 14.5. The maximum absolute atomic E-state index is 15.7. The van der Waals surface area contributed by atoms with E-state index in [-0.39, 0.29) is 55.3 Å². The first-order valence-corrected chi connectivity index (χ1v) is 39.6. The lowest BCUT2D eigenvalue weighted by atomic mass is 10.0. The minimum atomic E-state index is -2.07. The Bertz CT molecular complexity index is 4210. The largest absolute Gasteiger partial charge is 0.507 e. The van der Waals surface area contributed by atoms with E-state index in [0.717, 1.165) is 51.3 Å². The molecular weight excluding hydrogens is 1580 g/mol. The monoisotopic (exact) mass is 1680 g/mol. The molecule has 6 aromatic carbocycles. The summed E-state index contributed by atoms with van der Waals surface area (Å²) in [5, 5.41) is 83.7. The van der Waals surface area contributed by atoms with Crippen LogP contribution in [0.15, 0.2) is 146 Å². The van der Waals surface area contributed by atoms with Gasteiger partial charge in [-0.05, 0) is 125 Å². The number of phenols is 1. The van der Waals surface area contributed by atoms with Crippen molar-refractivity contribution >= 4 is 126 Å². The molecule has 0 spiro atoms. The summed E-state index contributed by atoms with van der Waals surface area (Å²) in [6.07, 6.45) is -6.25. The number of fused-ring (bicyclic) bond motifs is 1. The van der Waals surface area contributed by atoms with Crippen LogP contribution in [0.25, 0.3) is 10.8 Å². The number of likely N-dealkylation sites (N-methyl/N-ethyl adjacent to an activating group) is 1. The number of hydrogen-bond acceptors (Lipinski definition) is 21. The number of benzene rings is 6. The summed E-state index contributed by atoms with van der Waals surface area (Å²) in [7, 11) is 3.01. The maximum atomic E-state index is 15.7. The van der Waals surface area contributed by atoms with Crippen LogP contribution in [0.5, 0.6) is 5.75 Å². The van der Waals surface area contributed by atoms with E-state index in [4.69, 9.17) is 11.5 Å². The molecule has 7 rings (SSSR count). The van der Waals surface area contributed by atoms with E-state index in [1.54, 1.807) is 115 Å². The van der Waals surface area contributed by atoms with Gasteiger partial charge in [0.2, 0.25) is 53.2 Å². The van der Waals surface area contributed by atoms with E-state index in [1.165, 1.54) is 31.3 Å². The molecule has 1 fully saturated rings. The van der Waals surface area contributed by atoms with Gasteiger partial charge in [-0.25, -0.2) is 4.79 Å². The number of amides is 11. The lowest BCUT2D eigenvalue weighted by Crippen LogP contribution is -2.65. The molecule has 1 saturated heterocycles. The number of carboxylic acids is 1. The topological polar surface area (TPSA) is 494 Å². The molecule has 0 saturated carbocycles. The van der Waals surface area contributed by atoms with Gasteiger partial charge in [-0.15, -0.1) is 0 Å². The standard InChI is InChI=1S/C77H97IN14O17S2/c1-42(2)81-38-48-25-23-47(24-26-48)35-57-69(100)89-63(43(3)94)73(104)85-59(36-49-27-30-62(96)53(78)32-49)70(101)90-64(44(4)95)74(105)87-60(39-93)72(103)88-61(77(108)109)41-111-110-40-54(80)66(97)82-55(22-14-15-31-79)67(98)83-56(33-45-16-8-6-9-17-45)68(99)84-58(34-46-18-10-7-11-19-46)71(102)91-65(75(106)86-57)92(5)76(107)52-29-28-50-20-12-13-21-51(50)37-52/h6-13,16-21,23-30,32,37,42-44,54-61,63-65,81,93-96H,14-15,22,31,33-36,38-41,79-80H2,1-5H3,(H,82,97)(H,83,98)(H,84,99)(H,85,104)(H,86,106)(H,87,105)(H,88,103)(H,89,100)(H,90,101)(H,91,102)(H,108,109)/t43-,44-,54+,55+,56+,57+,58+,59+,60+,61+,63+,64+,65-/m1/s1. The third kappa shape index (κ3) is 27.3. The molecule has 0 aliphatic carbocycles. The van der Waals surface area contributed by atoms with Crippen LogP contribution in [-0.2, 0) is 85.0 Å². The molecule has 1 aliphatic heterocycles. The number of phenolic OH excluding ortho intramolecular Hbond substituents is 1. The number of hydrogen-bond donors (Lipinski definition) is 18. The zero-order chi connectivity index (χ0) is 81.0. The summed E-state index contributed by atoms with van der Waals surface area (Å²) < 4.78 is 0.299. The van der Waals surface area contributed by atoms with Gasteiger partial charge in [-0.1, -0.05) is 157 Å². The zero-order valence-electron chi connectivity index (χ0n) is 61.9. The number of carbonyl (C=O) groups excluding carboxylic acids is 11. The predicted octanol–water partition coefficient (Wildman–Crippen LogP) is 0.186. The van der Waals surface area contributed by atoms with Crippen molar-refractivity contribution in [1.29, 1.82) is 0 Å². The van der Waals surface area contributed by atoms with Crippen molar-refractivity contribution in [2.24, 2.45) is 11.5 Å². The molecule has 0 unspecified atom stereocenters. The fraction of sp³-hybridized carbons (Fsp3) is 0.403. The highest BCUT2D eigenvalue weighted by Gasteiger charge is 2.40. The molecule has 0 bridgehead atoms. The Morgan fingerprint density at radius 2 is 0.946 bits per heavy atom. The Hall–Kier alpha value is -9.79. The average molecular weight is 1680 g/mol. The average Bonchev–Trinajstić information content (AvgIpc) is 0.816. The van der Waals surface area contributed by atoms with Crippen LogP contribution >= 0.6 is 44.2 Å². The van der Waals surface area contributed by atoms with Gasteiger partial charge in [0.25, 0.3) is 11.8 Å². The number of rotatable bonds is 21. The third-order valence-corrected chi connectivity index (χ3v) is 21.3. The van der Waals surface area contributed by atoms with Crippen molar-refractivity contribution in [3.8, 4) is 5.75 Å². The minimum absolute atomic E-state index is 0.00981. The lowest BCUT2D eigenvalue weighted by molar-refractivity contribution is -0.142. The van der Waals surface area contributed by atoms with Crippen molar-refractivity contribution < 1.29 is 83.1 Å². The molecule has 111 heavy (non-hydrogen) atoms. The second kappa shape index (κ2) is 43.7. The number of nitrogens with zero attached hydrogens (tertiary/aromatic N) is 1. The van der Waals surface area contributed by atoms with Crippen LogP contribution in [0.3, 0.4) is 0 Å². The number of carbonyl (C=O) groups is 12. The first-order valence-electron chi connectivity index (χ1n) is 36.0. The van der Waals surface area contributed by atoms with Gasteiger partial charge >= 0.3 is 5.97 Å². The van der Waals surface area contributed by atoms with E-state index in [0.29, 0.717) is 50.6 Å². The Morgan fingerprint density at radius 3 is 1.47 bits per heavy atom. The van der Waals surface area contributed by atoms with Crippen LogP contribution in [0.2, 0.25) is 0 Å². The molecule has 6 aromatic rings. The molecule has 0 radical (unpaired) electrons. The Morgan fingerprint density at radius 1 is 0.505 bits per heavy atom. The van der Waals surface area contributed by atoms with Crippen molar-refractivity contribution in [3.05, 3.63) is 183 Å². The van der Waals surface area contributed by atoms with E-state index < -0.39 is 169 Å². The van der Waals surface area contributed by atoms with Crippen molar-refractivity contribution in [2.45, 2.75) is 164 Å². The predicted molar refractivity (Wildman–Crippen MR) is 426 cm³/mol. The molecule has 13 atom stereocenters. The summed E-state index contributed by atoms with van der Waals surface area (Å²) in [6.45, 7) is 5.65. The second-order valence-corrected chi connectivity index (χ2v) is 30.9. The molecule has 1 heterocycles. The molecule has 1 aliphatic rings. The van der Waals surface area contributed by atoms with Gasteiger partial charge in [0, 0.05) is 62.4 Å². The highest BCUT2D eigenvalue weighted by Crippen LogP contribution is 2.25. The zero-order valence-corrected chi connectivity index (χ0v) is 65.6. The van der Waals surface area contributed by atoms with Crippen LogP contribution in [0.4, 0.5) is 0 Å². The second-order valence-electron chi connectivity index (χ2n) is 27.2. The first-order chi connectivity index (χ1) is 52.9. The number of nitrogens with two attached hydrogens (primary N) is 2. The van der Waals surface area contributed by atoms with Gasteiger partial charge in [0.1, 0.15) is 60.1 Å². The Labute approximate surface area is 663 Å². The van der Waals surface area contributed by atoms with Crippen LogP contribution in [0, 0.1) is 3.57 Å². The van der Waals surface area contributed by atoms with E-state index in [1.807, 2.05) is 42.5 Å². The fourth-order valence-electron chi connectivity index (χ4n) is 11.6. The van der Waals surface area contributed by atoms with E-state index in [9.17, 15) is 59.1 Å². The Balaban J connectivity index is 1.35. The SMILES string of the molecule is CC(C)NCc1ccc(C[C@@H]2NC(=O)[C@@H](N(C)C(=O)c3ccc4ccccc4c3)NC(=O)[C@H](Cc3ccccc3)NC(=O)[C@H](Cc3ccccc3)NC(=O)[C@H](CCCCN)NC(=O)[C@@H](N)CSSC[C@@H](C(=O)O)NC(=O)[C@H](CO)NC(=O)[C@H]([C@@H](C)O)NC(=O)[C@H](Cc3ccc(O)c(I)c3)NC(=O)[C@H]([C@@H](C)O)NC2=O)cc1. The molecule has 0 aromatic heterocycles. The highest BCUT2D eigenvalue weighted by molar-refractivity contribution is 14.1. The van der Waals surface area contributed by atoms with E-state index >= 15 is 24.0 Å². The summed E-state index contributed by atoms with van der Waals surface area (Å²) in [5.41, 5.74) is 14.9. The molecule has 596 valence electrons. The van der Waals surface area contributed by atoms with Gasteiger partial charge in [0.15, 0.2) is 6.17 Å². The smallest absolute Gasteiger partial charge is 0.327 e. The normalized spacial score (nSPS) is 23.0. The first kappa shape index (κ1) is 88.4. The van der Waals surface area contributed by atoms with Crippen LogP contribution in [0.1, 0.15) is 85.1 Å². The van der Waals surface area contributed by atoms with Gasteiger partial charge in [-0.3, -0.25) is 52.7 Å². The molecule has 34 heteroatoms. The minimum Gasteiger partial charge on any atom is -0.507 e. The number of nitrogens with one attached hydrogen (secondary N) is 11. The van der Waals surface area contributed by atoms with Crippen LogP contribution in [-0.4, -0.2) is 218 Å². The maximum Gasteiger partial charge on any atom is 0.327 e. The highest BCUT2D eigenvalue weighted by atomic mass is 127. The number of aliphatic hydroxyl groups is 3. The quantitative estimate of drug-likeness (QED) is 0.0260. The van der Waals surface area contributed by atoms with Crippen molar-refractivity contribution in [2.75, 3.05) is 31.7 Å². The number of carboxylic acid groups (broad SMARTS) is 1.